The van der Waals surface area contributed by atoms with Crippen molar-refractivity contribution < 1.29 is 4.39 Å². The molecule has 2 nitrogen and oxygen atoms in total. The lowest BCUT2D eigenvalue weighted by Gasteiger charge is -2.40. The Balaban J connectivity index is 2.26. The first-order valence-electron chi connectivity index (χ1n) is 6.38. The molecule has 1 saturated heterocycles. The highest BCUT2D eigenvalue weighted by atomic mass is 35.5. The summed E-state index contributed by atoms with van der Waals surface area (Å²) in [5.41, 5.74) is 6.57. The Labute approximate surface area is 113 Å². The average Bonchev–Trinajstić information content (AvgIpc) is 2.82. The third-order valence-corrected chi connectivity index (χ3v) is 4.21. The second-order valence-electron chi connectivity index (χ2n) is 5.49. The van der Waals surface area contributed by atoms with Crippen LogP contribution in [0.3, 0.4) is 0 Å². The van der Waals surface area contributed by atoms with Crippen LogP contribution in [0.15, 0.2) is 18.2 Å². The molecule has 0 spiro atoms. The second-order valence-corrected chi connectivity index (χ2v) is 5.93. The lowest BCUT2D eigenvalue weighted by Crippen LogP contribution is -2.50. The van der Waals surface area contributed by atoms with E-state index in [9.17, 15) is 4.39 Å². The van der Waals surface area contributed by atoms with Gasteiger partial charge in [0, 0.05) is 16.1 Å². The smallest absolute Gasteiger partial charge is 0.129 e. The van der Waals surface area contributed by atoms with Gasteiger partial charge >= 0.3 is 0 Å². The van der Waals surface area contributed by atoms with Crippen molar-refractivity contribution in [3.05, 3.63) is 34.6 Å². The Morgan fingerprint density at radius 3 is 2.50 bits per heavy atom. The van der Waals surface area contributed by atoms with E-state index in [2.05, 4.69) is 18.7 Å². The van der Waals surface area contributed by atoms with E-state index in [-0.39, 0.29) is 17.4 Å². The van der Waals surface area contributed by atoms with E-state index >= 15 is 0 Å². The van der Waals surface area contributed by atoms with Gasteiger partial charge in [0.25, 0.3) is 0 Å². The summed E-state index contributed by atoms with van der Waals surface area (Å²) in [6.07, 6.45) is 2.39. The monoisotopic (exact) mass is 270 g/mol. The topological polar surface area (TPSA) is 29.3 Å². The Hall–Kier alpha value is -0.640. The molecule has 1 heterocycles. The van der Waals surface area contributed by atoms with Crippen LogP contribution >= 0.6 is 11.6 Å². The number of likely N-dealkylation sites (tertiary alicyclic amines) is 1. The Morgan fingerprint density at radius 2 is 1.94 bits per heavy atom. The standard InChI is InChI=1S/C14H20ClFN2/c1-14(2,18-7-3-4-8-18)13(17)11-6-5-10(15)9-12(11)16/h5-6,9,13H,3-4,7-8,17H2,1-2H3. The van der Waals surface area contributed by atoms with Crippen molar-refractivity contribution in [2.75, 3.05) is 13.1 Å². The van der Waals surface area contributed by atoms with Crippen molar-refractivity contribution in [2.24, 2.45) is 5.73 Å². The molecule has 0 amide bonds. The maximum Gasteiger partial charge on any atom is 0.129 e. The maximum absolute atomic E-state index is 13.9. The fourth-order valence-corrected chi connectivity index (χ4v) is 2.78. The van der Waals surface area contributed by atoms with E-state index in [0.29, 0.717) is 10.6 Å². The van der Waals surface area contributed by atoms with Crippen molar-refractivity contribution in [2.45, 2.75) is 38.3 Å². The van der Waals surface area contributed by atoms with Crippen LogP contribution in [-0.4, -0.2) is 23.5 Å². The van der Waals surface area contributed by atoms with E-state index in [4.69, 9.17) is 17.3 Å². The minimum absolute atomic E-state index is 0.245. The van der Waals surface area contributed by atoms with E-state index in [1.165, 1.54) is 18.9 Å². The lowest BCUT2D eigenvalue weighted by atomic mass is 9.87. The molecule has 0 aliphatic carbocycles. The molecule has 0 bridgehead atoms. The van der Waals surface area contributed by atoms with Gasteiger partial charge in [-0.15, -0.1) is 0 Å². The molecule has 2 N–H and O–H groups in total. The van der Waals surface area contributed by atoms with Crippen LogP contribution in [-0.2, 0) is 0 Å². The number of nitrogens with zero attached hydrogens (tertiary/aromatic N) is 1. The predicted molar refractivity (Wildman–Crippen MR) is 73.2 cm³/mol. The first-order valence-corrected chi connectivity index (χ1v) is 6.76. The highest BCUT2D eigenvalue weighted by Crippen LogP contribution is 2.33. The molecule has 0 saturated carbocycles. The molecule has 1 aliphatic heterocycles. The van der Waals surface area contributed by atoms with Crippen LogP contribution in [0.2, 0.25) is 5.02 Å². The van der Waals surface area contributed by atoms with Crippen LogP contribution < -0.4 is 5.73 Å². The average molecular weight is 271 g/mol. The number of halogens is 2. The summed E-state index contributed by atoms with van der Waals surface area (Å²) in [6.45, 7) is 6.24. The molecule has 18 heavy (non-hydrogen) atoms. The summed E-state index contributed by atoms with van der Waals surface area (Å²) in [7, 11) is 0. The van der Waals surface area contributed by atoms with Gasteiger partial charge in [-0.05, 0) is 51.9 Å². The lowest BCUT2D eigenvalue weighted by molar-refractivity contribution is 0.122. The summed E-state index contributed by atoms with van der Waals surface area (Å²) in [5, 5.41) is 0.405. The third kappa shape index (κ3) is 2.53. The zero-order valence-electron chi connectivity index (χ0n) is 10.9. The van der Waals surface area contributed by atoms with E-state index < -0.39 is 0 Å². The zero-order chi connectivity index (χ0) is 13.3. The van der Waals surface area contributed by atoms with Crippen LogP contribution in [0.5, 0.6) is 0 Å². The number of nitrogens with two attached hydrogens (primary N) is 1. The van der Waals surface area contributed by atoms with Gasteiger partial charge in [-0.3, -0.25) is 4.90 Å². The minimum atomic E-state index is -0.354. The Kier molecular flexibility index (Phi) is 3.95. The summed E-state index contributed by atoms with van der Waals surface area (Å²) in [6, 6.07) is 4.37. The number of hydrogen-bond donors (Lipinski definition) is 1. The molecule has 1 fully saturated rings. The van der Waals surface area contributed by atoms with Crippen molar-refractivity contribution in [3.8, 4) is 0 Å². The highest BCUT2D eigenvalue weighted by Gasteiger charge is 2.36. The van der Waals surface area contributed by atoms with Gasteiger partial charge in [-0.1, -0.05) is 17.7 Å². The molecule has 4 heteroatoms. The molecule has 0 aromatic heterocycles. The summed E-state index contributed by atoms with van der Waals surface area (Å²) < 4.78 is 13.9. The maximum atomic E-state index is 13.9. The van der Waals surface area contributed by atoms with Gasteiger partial charge in [-0.2, -0.15) is 0 Å². The number of benzene rings is 1. The quantitative estimate of drug-likeness (QED) is 0.913. The molecule has 0 radical (unpaired) electrons. The first kappa shape index (κ1) is 13.8. The summed E-state index contributed by atoms with van der Waals surface area (Å²) >= 11 is 5.77. The van der Waals surface area contributed by atoms with Crippen molar-refractivity contribution in [3.63, 3.8) is 0 Å². The fraction of sp³-hybridized carbons (Fsp3) is 0.571. The number of rotatable bonds is 3. The van der Waals surface area contributed by atoms with Crippen LogP contribution in [0.25, 0.3) is 0 Å². The van der Waals surface area contributed by atoms with Crippen LogP contribution in [0.4, 0.5) is 4.39 Å². The van der Waals surface area contributed by atoms with Crippen molar-refractivity contribution >= 4 is 11.6 Å². The Morgan fingerprint density at radius 1 is 1.33 bits per heavy atom. The molecule has 1 unspecified atom stereocenters. The minimum Gasteiger partial charge on any atom is -0.322 e. The van der Waals surface area contributed by atoms with Gasteiger partial charge < -0.3 is 5.73 Å². The van der Waals surface area contributed by atoms with Crippen molar-refractivity contribution in [1.82, 2.24) is 4.90 Å². The Bertz CT molecular complexity index is 428. The molecule has 1 aliphatic rings. The molecular weight excluding hydrogens is 251 g/mol. The van der Waals surface area contributed by atoms with E-state index in [1.54, 1.807) is 12.1 Å². The largest absolute Gasteiger partial charge is 0.322 e. The molecular formula is C14H20ClFN2. The zero-order valence-corrected chi connectivity index (χ0v) is 11.7. The molecule has 1 aromatic rings. The SMILES string of the molecule is CC(C)(C(N)c1ccc(Cl)cc1F)N1CCCC1. The molecule has 1 aromatic carbocycles. The highest BCUT2D eigenvalue weighted by molar-refractivity contribution is 6.30. The fourth-order valence-electron chi connectivity index (χ4n) is 2.62. The van der Waals surface area contributed by atoms with Gasteiger partial charge in [0.1, 0.15) is 5.82 Å². The molecule has 100 valence electrons. The van der Waals surface area contributed by atoms with Gasteiger partial charge in [-0.25, -0.2) is 4.39 Å². The summed E-state index contributed by atoms with van der Waals surface area (Å²) in [5.74, 6) is -0.317. The number of hydrogen-bond acceptors (Lipinski definition) is 2. The van der Waals surface area contributed by atoms with Gasteiger partial charge in [0.05, 0.1) is 6.04 Å². The van der Waals surface area contributed by atoms with E-state index in [1.807, 2.05) is 0 Å². The van der Waals surface area contributed by atoms with Gasteiger partial charge in [0.2, 0.25) is 0 Å². The third-order valence-electron chi connectivity index (χ3n) is 3.98. The van der Waals surface area contributed by atoms with Crippen molar-refractivity contribution in [1.29, 1.82) is 0 Å². The van der Waals surface area contributed by atoms with E-state index in [0.717, 1.165) is 13.1 Å². The molecule has 1 atom stereocenters. The van der Waals surface area contributed by atoms with Gasteiger partial charge in [0.15, 0.2) is 0 Å². The first-order chi connectivity index (χ1) is 8.43. The second kappa shape index (κ2) is 5.16. The summed E-state index contributed by atoms with van der Waals surface area (Å²) in [4.78, 5) is 2.34. The predicted octanol–water partition coefficient (Wildman–Crippen LogP) is 3.35. The van der Waals surface area contributed by atoms with Crippen LogP contribution in [0.1, 0.15) is 38.3 Å². The molecule has 2 rings (SSSR count). The normalized spacial score (nSPS) is 19.2. The van der Waals surface area contributed by atoms with Crippen LogP contribution in [0, 0.1) is 5.82 Å².